The molecule has 0 fully saturated rings. The van der Waals surface area contributed by atoms with E-state index in [1.807, 2.05) is 61.7 Å². The highest BCUT2D eigenvalue weighted by atomic mass is 32.2. The summed E-state index contributed by atoms with van der Waals surface area (Å²) in [6.07, 6.45) is 0. The number of rotatable bonds is 6. The summed E-state index contributed by atoms with van der Waals surface area (Å²) >= 11 is 1.42. The Bertz CT molecular complexity index is 972. The van der Waals surface area contributed by atoms with Gasteiger partial charge in [0.05, 0.1) is 12.9 Å². The fourth-order valence-electron chi connectivity index (χ4n) is 2.65. The third-order valence-corrected chi connectivity index (χ3v) is 5.34. The van der Waals surface area contributed by atoms with Crippen LogP contribution in [0.3, 0.4) is 0 Å². The van der Waals surface area contributed by atoms with Gasteiger partial charge in [0.25, 0.3) is 0 Å². The molecule has 0 spiro atoms. The zero-order valence-corrected chi connectivity index (χ0v) is 17.7. The Morgan fingerprint density at radius 3 is 2.43 bits per heavy atom. The molecule has 0 aliphatic heterocycles. The van der Waals surface area contributed by atoms with Crippen LogP contribution in [0.25, 0.3) is 17.1 Å². The number of Topliss-reactive ketones (excluding diaryl/α,β-unsaturated/α-hetero) is 1. The van der Waals surface area contributed by atoms with Crippen molar-refractivity contribution in [1.29, 1.82) is 0 Å². The van der Waals surface area contributed by atoms with Crippen molar-refractivity contribution in [3.05, 3.63) is 54.1 Å². The molecule has 146 valence electrons. The predicted octanol–water partition coefficient (Wildman–Crippen LogP) is 4.96. The van der Waals surface area contributed by atoms with Crippen LogP contribution in [0, 0.1) is 12.3 Å². The van der Waals surface area contributed by atoms with Gasteiger partial charge in [0.1, 0.15) is 11.5 Å². The maximum atomic E-state index is 12.4. The molecule has 0 unspecified atom stereocenters. The van der Waals surface area contributed by atoms with Gasteiger partial charge in [0, 0.05) is 16.7 Å². The van der Waals surface area contributed by atoms with Crippen LogP contribution in [-0.2, 0) is 4.79 Å². The van der Waals surface area contributed by atoms with E-state index in [-0.39, 0.29) is 11.2 Å². The van der Waals surface area contributed by atoms with Gasteiger partial charge in [-0.05, 0) is 37.3 Å². The molecule has 0 amide bonds. The van der Waals surface area contributed by atoms with Crippen molar-refractivity contribution >= 4 is 17.5 Å². The van der Waals surface area contributed by atoms with Crippen LogP contribution in [0.4, 0.5) is 0 Å². The minimum atomic E-state index is -0.378. The number of hydrogen-bond donors (Lipinski definition) is 0. The highest BCUT2D eigenvalue weighted by Crippen LogP contribution is 2.30. The average Bonchev–Trinajstić information content (AvgIpc) is 3.09. The lowest BCUT2D eigenvalue weighted by molar-refractivity contribution is -0.123. The van der Waals surface area contributed by atoms with Crippen molar-refractivity contribution < 1.29 is 9.53 Å². The molecule has 3 aromatic rings. The number of methoxy groups -OCH3 is 1. The maximum absolute atomic E-state index is 12.4. The summed E-state index contributed by atoms with van der Waals surface area (Å²) < 4.78 is 7.27. The number of aryl methyl sites for hydroxylation is 1. The van der Waals surface area contributed by atoms with Crippen molar-refractivity contribution in [3.8, 4) is 22.8 Å². The van der Waals surface area contributed by atoms with Gasteiger partial charge in [-0.3, -0.25) is 9.36 Å². The topological polar surface area (TPSA) is 57.0 Å². The molecular weight excluding hydrogens is 370 g/mol. The molecular formula is C22H25N3O2S. The molecule has 28 heavy (non-hydrogen) atoms. The van der Waals surface area contributed by atoms with E-state index in [4.69, 9.17) is 4.74 Å². The summed E-state index contributed by atoms with van der Waals surface area (Å²) in [5, 5.41) is 9.52. The van der Waals surface area contributed by atoms with Crippen LogP contribution >= 0.6 is 11.8 Å². The van der Waals surface area contributed by atoms with E-state index in [0.717, 1.165) is 28.4 Å². The fourth-order valence-corrected chi connectivity index (χ4v) is 3.76. The molecule has 0 aliphatic rings. The number of aromatic nitrogens is 3. The van der Waals surface area contributed by atoms with Gasteiger partial charge in [-0.1, -0.05) is 56.3 Å². The number of benzene rings is 2. The molecule has 1 aromatic heterocycles. The first-order valence-electron chi connectivity index (χ1n) is 9.12. The van der Waals surface area contributed by atoms with Crippen LogP contribution < -0.4 is 4.74 Å². The van der Waals surface area contributed by atoms with E-state index in [2.05, 4.69) is 29.3 Å². The quantitative estimate of drug-likeness (QED) is 0.552. The van der Waals surface area contributed by atoms with Crippen LogP contribution in [0.1, 0.15) is 26.3 Å². The number of carbonyl (C=O) groups excluding carboxylic acids is 1. The monoisotopic (exact) mass is 395 g/mol. The Hall–Kier alpha value is -2.60. The standard InChI is InChI=1S/C22H25N3O2S/c1-15-7-6-8-16(13-15)20-23-24-21(28-14-19(26)22(2,3)4)25(20)17-9-11-18(27-5)12-10-17/h6-13H,14H2,1-5H3. The first-order chi connectivity index (χ1) is 13.3. The molecule has 0 N–H and O–H groups in total. The van der Waals surface area contributed by atoms with E-state index in [1.165, 1.54) is 11.8 Å². The van der Waals surface area contributed by atoms with Crippen LogP contribution in [0.15, 0.2) is 53.7 Å². The fraction of sp³-hybridized carbons (Fsp3) is 0.318. The van der Waals surface area contributed by atoms with Crippen molar-refractivity contribution in [1.82, 2.24) is 14.8 Å². The summed E-state index contributed by atoms with van der Waals surface area (Å²) in [6, 6.07) is 15.9. The average molecular weight is 396 g/mol. The Morgan fingerprint density at radius 1 is 1.11 bits per heavy atom. The third-order valence-electron chi connectivity index (χ3n) is 4.41. The molecule has 0 radical (unpaired) electrons. The third kappa shape index (κ3) is 4.44. The summed E-state index contributed by atoms with van der Waals surface area (Å²) in [7, 11) is 1.64. The molecule has 0 saturated carbocycles. The van der Waals surface area contributed by atoms with Gasteiger partial charge in [0.2, 0.25) is 0 Å². The number of thioether (sulfide) groups is 1. The van der Waals surface area contributed by atoms with E-state index in [9.17, 15) is 4.79 Å². The summed E-state index contributed by atoms with van der Waals surface area (Å²) in [5.74, 6) is 2.07. The van der Waals surface area contributed by atoms with Gasteiger partial charge in [-0.15, -0.1) is 10.2 Å². The van der Waals surface area contributed by atoms with Gasteiger partial charge in [0.15, 0.2) is 11.0 Å². The number of ketones is 1. The summed E-state index contributed by atoms with van der Waals surface area (Å²) in [6.45, 7) is 7.85. The van der Waals surface area contributed by atoms with E-state index < -0.39 is 0 Å². The maximum Gasteiger partial charge on any atom is 0.196 e. The molecule has 3 rings (SSSR count). The van der Waals surface area contributed by atoms with Crippen molar-refractivity contribution in [2.75, 3.05) is 12.9 Å². The molecule has 2 aromatic carbocycles. The molecule has 0 atom stereocenters. The first-order valence-corrected chi connectivity index (χ1v) is 10.1. The summed E-state index contributed by atoms with van der Waals surface area (Å²) in [5.41, 5.74) is 2.68. The molecule has 6 heteroatoms. The van der Waals surface area contributed by atoms with Gasteiger partial charge >= 0.3 is 0 Å². The van der Waals surface area contributed by atoms with Crippen molar-refractivity contribution in [2.45, 2.75) is 32.9 Å². The van der Waals surface area contributed by atoms with Crippen LogP contribution in [0.5, 0.6) is 5.75 Å². The number of carbonyl (C=O) groups is 1. The van der Waals surface area contributed by atoms with E-state index in [1.54, 1.807) is 7.11 Å². The molecule has 0 bridgehead atoms. The second-order valence-corrected chi connectivity index (χ2v) is 8.61. The number of nitrogens with zero attached hydrogens (tertiary/aromatic N) is 3. The van der Waals surface area contributed by atoms with E-state index >= 15 is 0 Å². The Balaban J connectivity index is 2.03. The zero-order chi connectivity index (χ0) is 20.3. The van der Waals surface area contributed by atoms with Gasteiger partial charge in [-0.2, -0.15) is 0 Å². The lowest BCUT2D eigenvalue weighted by atomic mass is 9.92. The van der Waals surface area contributed by atoms with Crippen molar-refractivity contribution in [3.63, 3.8) is 0 Å². The minimum absolute atomic E-state index is 0.180. The molecule has 0 aliphatic carbocycles. The molecule has 1 heterocycles. The lowest BCUT2D eigenvalue weighted by Crippen LogP contribution is -2.22. The SMILES string of the molecule is COc1ccc(-n2c(SCC(=O)C(C)(C)C)nnc2-c2cccc(C)c2)cc1. The highest BCUT2D eigenvalue weighted by Gasteiger charge is 2.23. The number of ether oxygens (including phenoxy) is 1. The van der Waals surface area contributed by atoms with Gasteiger partial charge < -0.3 is 4.74 Å². The van der Waals surface area contributed by atoms with Gasteiger partial charge in [-0.25, -0.2) is 0 Å². The smallest absolute Gasteiger partial charge is 0.196 e. The Kier molecular flexibility index (Phi) is 5.89. The highest BCUT2D eigenvalue weighted by molar-refractivity contribution is 7.99. The summed E-state index contributed by atoms with van der Waals surface area (Å²) in [4.78, 5) is 12.4. The Labute approximate surface area is 170 Å². The van der Waals surface area contributed by atoms with Crippen LogP contribution in [-0.4, -0.2) is 33.4 Å². The predicted molar refractivity (Wildman–Crippen MR) is 113 cm³/mol. The normalized spacial score (nSPS) is 11.5. The van der Waals surface area contributed by atoms with Crippen LogP contribution in [0.2, 0.25) is 0 Å². The number of hydrogen-bond acceptors (Lipinski definition) is 5. The second kappa shape index (κ2) is 8.19. The Morgan fingerprint density at radius 2 is 1.82 bits per heavy atom. The largest absolute Gasteiger partial charge is 0.497 e. The molecule has 5 nitrogen and oxygen atoms in total. The minimum Gasteiger partial charge on any atom is -0.497 e. The first kappa shape index (κ1) is 20.1. The zero-order valence-electron chi connectivity index (χ0n) is 16.9. The lowest BCUT2D eigenvalue weighted by Gasteiger charge is -2.16. The van der Waals surface area contributed by atoms with Crippen molar-refractivity contribution in [2.24, 2.45) is 5.41 Å². The molecule has 0 saturated heterocycles. The second-order valence-electron chi connectivity index (χ2n) is 7.67. The van der Waals surface area contributed by atoms with E-state index in [0.29, 0.717) is 10.9 Å².